The number of thioether (sulfide) groups is 1. The van der Waals surface area contributed by atoms with E-state index in [2.05, 4.69) is 53.2 Å². The zero-order valence-electron chi connectivity index (χ0n) is 13.7. The first kappa shape index (κ1) is 16.1. The van der Waals surface area contributed by atoms with E-state index in [0.717, 1.165) is 23.2 Å². The maximum absolute atomic E-state index is 12.0. The molecule has 0 unspecified atom stereocenters. The molecule has 0 atom stereocenters. The fourth-order valence-electron chi connectivity index (χ4n) is 3.16. The van der Waals surface area contributed by atoms with E-state index in [9.17, 15) is 4.79 Å². The van der Waals surface area contributed by atoms with Crippen LogP contribution in [-0.4, -0.2) is 14.8 Å². The molecule has 2 heterocycles. The fraction of sp³-hybridized carbons (Fsp3) is 0.100. The van der Waals surface area contributed by atoms with Gasteiger partial charge in [-0.3, -0.25) is 4.79 Å². The van der Waals surface area contributed by atoms with Crippen molar-refractivity contribution in [2.24, 2.45) is 0 Å². The molecule has 3 nitrogen and oxygen atoms in total. The zero-order valence-corrected chi connectivity index (χ0v) is 15.3. The van der Waals surface area contributed by atoms with Gasteiger partial charge in [-0.2, -0.15) is 0 Å². The van der Waals surface area contributed by atoms with E-state index in [-0.39, 0.29) is 5.91 Å². The highest BCUT2D eigenvalue weighted by molar-refractivity contribution is 8.26. The van der Waals surface area contributed by atoms with Gasteiger partial charge < -0.3 is 9.88 Å². The number of benzene rings is 2. The number of nitrogens with one attached hydrogen (secondary N) is 1. The molecule has 0 aliphatic carbocycles. The Kier molecular flexibility index (Phi) is 4.19. The quantitative estimate of drug-likeness (QED) is 0.549. The number of carbonyl (C=O) groups excluding carboxylic acids is 1. The fourth-order valence-corrected chi connectivity index (χ4v) is 4.19. The van der Waals surface area contributed by atoms with Crippen LogP contribution in [0.15, 0.2) is 59.5 Å². The molecular formula is C20H16N2OS2. The highest BCUT2D eigenvalue weighted by Crippen LogP contribution is 2.32. The number of para-hydroxylation sites is 1. The van der Waals surface area contributed by atoms with E-state index < -0.39 is 0 Å². The normalized spacial score (nSPS) is 16.0. The first-order valence-electron chi connectivity index (χ1n) is 8.00. The lowest BCUT2D eigenvalue weighted by Gasteiger charge is -2.08. The number of hydrogen-bond donors (Lipinski definition) is 1. The minimum absolute atomic E-state index is 0.116. The van der Waals surface area contributed by atoms with Crippen molar-refractivity contribution in [3.8, 4) is 0 Å². The van der Waals surface area contributed by atoms with E-state index in [1.54, 1.807) is 0 Å². The van der Waals surface area contributed by atoms with Gasteiger partial charge >= 0.3 is 0 Å². The number of hydrogen-bond acceptors (Lipinski definition) is 3. The van der Waals surface area contributed by atoms with Crippen LogP contribution in [0.3, 0.4) is 0 Å². The van der Waals surface area contributed by atoms with E-state index >= 15 is 0 Å². The van der Waals surface area contributed by atoms with E-state index in [0.29, 0.717) is 9.23 Å². The number of amides is 1. The summed E-state index contributed by atoms with van der Waals surface area (Å²) in [5, 5.41) is 3.83. The molecule has 4 rings (SSSR count). The van der Waals surface area contributed by atoms with E-state index in [1.807, 2.05) is 24.3 Å². The number of thiocarbonyl (C=S) groups is 1. The molecule has 5 heteroatoms. The molecule has 0 bridgehead atoms. The van der Waals surface area contributed by atoms with Gasteiger partial charge in [0.2, 0.25) is 0 Å². The first-order valence-corrected chi connectivity index (χ1v) is 9.22. The van der Waals surface area contributed by atoms with Crippen molar-refractivity contribution in [1.29, 1.82) is 0 Å². The summed E-state index contributed by atoms with van der Waals surface area (Å²) in [7, 11) is 0. The second-order valence-electron chi connectivity index (χ2n) is 5.94. The van der Waals surface area contributed by atoms with Gasteiger partial charge in [-0.25, -0.2) is 0 Å². The summed E-state index contributed by atoms with van der Waals surface area (Å²) in [5.41, 5.74) is 4.64. The molecule has 1 aromatic heterocycles. The maximum Gasteiger partial charge on any atom is 0.263 e. The Balaban J connectivity index is 1.86. The van der Waals surface area contributed by atoms with E-state index in [4.69, 9.17) is 12.2 Å². The van der Waals surface area contributed by atoms with Gasteiger partial charge in [0.05, 0.1) is 4.91 Å². The minimum atomic E-state index is -0.116. The topological polar surface area (TPSA) is 34.0 Å². The Labute approximate surface area is 155 Å². The Morgan fingerprint density at radius 2 is 1.84 bits per heavy atom. The predicted molar refractivity (Wildman–Crippen MR) is 109 cm³/mol. The molecule has 0 radical (unpaired) electrons. The molecule has 1 aliphatic heterocycles. The van der Waals surface area contributed by atoms with Crippen LogP contribution in [0.5, 0.6) is 0 Å². The molecule has 1 saturated heterocycles. The summed E-state index contributed by atoms with van der Waals surface area (Å²) in [5.74, 6) is -0.116. The average molecular weight is 364 g/mol. The van der Waals surface area contributed by atoms with Crippen molar-refractivity contribution in [3.05, 3.63) is 76.3 Å². The highest BCUT2D eigenvalue weighted by Gasteiger charge is 2.23. The van der Waals surface area contributed by atoms with Crippen LogP contribution in [0.2, 0.25) is 0 Å². The lowest BCUT2D eigenvalue weighted by molar-refractivity contribution is -0.115. The third-order valence-electron chi connectivity index (χ3n) is 4.38. The minimum Gasteiger partial charge on any atom is -0.340 e. The number of rotatable bonds is 3. The summed E-state index contributed by atoms with van der Waals surface area (Å²) in [4.78, 5) is 12.7. The lowest BCUT2D eigenvalue weighted by Crippen LogP contribution is -2.17. The molecule has 2 aromatic carbocycles. The van der Waals surface area contributed by atoms with Crippen molar-refractivity contribution in [2.75, 3.05) is 0 Å². The van der Waals surface area contributed by atoms with Crippen LogP contribution >= 0.6 is 24.0 Å². The van der Waals surface area contributed by atoms with Crippen molar-refractivity contribution >= 4 is 51.2 Å². The van der Waals surface area contributed by atoms with Crippen molar-refractivity contribution in [1.82, 2.24) is 9.88 Å². The SMILES string of the molecule is Cc1c(/C=C2/SC(=S)NC2=O)c2ccccc2n1Cc1ccccc1. The molecule has 0 saturated carbocycles. The highest BCUT2D eigenvalue weighted by atomic mass is 32.2. The smallest absolute Gasteiger partial charge is 0.263 e. The van der Waals surface area contributed by atoms with E-state index in [1.165, 1.54) is 22.8 Å². The molecule has 1 aliphatic rings. The summed E-state index contributed by atoms with van der Waals surface area (Å²) < 4.78 is 2.81. The number of nitrogens with zero attached hydrogens (tertiary/aromatic N) is 1. The predicted octanol–water partition coefficient (Wildman–Crippen LogP) is 4.49. The standard InChI is InChI=1S/C20H16N2OS2/c1-13-16(11-18-19(23)21-20(24)25-18)15-9-5-6-10-17(15)22(13)12-14-7-3-2-4-8-14/h2-11H,12H2,1H3,(H,21,23,24)/b18-11+. The van der Waals surface area contributed by atoms with Crippen molar-refractivity contribution < 1.29 is 4.79 Å². The largest absolute Gasteiger partial charge is 0.340 e. The van der Waals surface area contributed by atoms with Crippen molar-refractivity contribution in [2.45, 2.75) is 13.5 Å². The number of carbonyl (C=O) groups is 1. The maximum atomic E-state index is 12.0. The zero-order chi connectivity index (χ0) is 17.4. The summed E-state index contributed by atoms with van der Waals surface area (Å²) in [6.45, 7) is 2.90. The van der Waals surface area contributed by atoms with Gasteiger partial charge in [-0.1, -0.05) is 72.5 Å². The number of aromatic nitrogens is 1. The van der Waals surface area contributed by atoms with Gasteiger partial charge in [0.1, 0.15) is 4.32 Å². The Morgan fingerprint density at radius 3 is 2.56 bits per heavy atom. The monoisotopic (exact) mass is 364 g/mol. The second-order valence-corrected chi connectivity index (χ2v) is 7.66. The Morgan fingerprint density at radius 1 is 1.12 bits per heavy atom. The van der Waals surface area contributed by atoms with Crippen LogP contribution in [0, 0.1) is 6.92 Å². The summed E-state index contributed by atoms with van der Waals surface area (Å²) in [6, 6.07) is 18.7. The second kappa shape index (κ2) is 6.50. The molecule has 3 aromatic rings. The molecule has 1 amide bonds. The third kappa shape index (κ3) is 3.01. The number of fused-ring (bicyclic) bond motifs is 1. The van der Waals surface area contributed by atoms with Gasteiger partial charge in [0, 0.05) is 28.7 Å². The van der Waals surface area contributed by atoms with Gasteiger partial charge in [0.15, 0.2) is 0 Å². The van der Waals surface area contributed by atoms with Crippen LogP contribution in [-0.2, 0) is 11.3 Å². The van der Waals surface area contributed by atoms with Crippen LogP contribution in [0.1, 0.15) is 16.8 Å². The van der Waals surface area contributed by atoms with Gasteiger partial charge in [0.25, 0.3) is 5.91 Å². The van der Waals surface area contributed by atoms with Crippen LogP contribution in [0.4, 0.5) is 0 Å². The molecule has 25 heavy (non-hydrogen) atoms. The summed E-state index contributed by atoms with van der Waals surface area (Å²) in [6.07, 6.45) is 1.96. The van der Waals surface area contributed by atoms with Gasteiger partial charge in [-0.15, -0.1) is 0 Å². The molecular weight excluding hydrogens is 348 g/mol. The van der Waals surface area contributed by atoms with Crippen molar-refractivity contribution in [3.63, 3.8) is 0 Å². The molecule has 1 fully saturated rings. The molecule has 124 valence electrons. The Hall–Kier alpha value is -2.37. The third-order valence-corrected chi connectivity index (χ3v) is 5.54. The Bertz CT molecular complexity index is 1020. The first-order chi connectivity index (χ1) is 12.1. The molecule has 1 N–H and O–H groups in total. The van der Waals surface area contributed by atoms with Gasteiger partial charge in [-0.05, 0) is 24.6 Å². The van der Waals surface area contributed by atoms with Crippen LogP contribution in [0.25, 0.3) is 17.0 Å². The average Bonchev–Trinajstić information content (AvgIpc) is 3.07. The molecule has 0 spiro atoms. The lowest BCUT2D eigenvalue weighted by atomic mass is 10.1. The van der Waals surface area contributed by atoms with Crippen LogP contribution < -0.4 is 5.32 Å². The summed E-state index contributed by atoms with van der Waals surface area (Å²) >= 11 is 6.42.